The van der Waals surface area contributed by atoms with E-state index in [4.69, 9.17) is 4.74 Å². The van der Waals surface area contributed by atoms with Crippen molar-refractivity contribution in [3.05, 3.63) is 28.2 Å². The summed E-state index contributed by atoms with van der Waals surface area (Å²) in [5.74, 6) is 0. The Labute approximate surface area is 129 Å². The fraction of sp³-hybridized carbons (Fsp3) is 0.625. The molecule has 0 spiro atoms. The first-order valence-corrected chi connectivity index (χ1v) is 8.35. The first kappa shape index (κ1) is 14.4. The van der Waals surface area contributed by atoms with Gasteiger partial charge in [0, 0.05) is 42.9 Å². The molecule has 2 aliphatic rings. The molecule has 0 amide bonds. The van der Waals surface area contributed by atoms with Gasteiger partial charge in [0.1, 0.15) is 0 Å². The number of anilines is 1. The molecule has 0 atom stereocenters. The van der Waals surface area contributed by atoms with Gasteiger partial charge in [0.15, 0.2) is 0 Å². The van der Waals surface area contributed by atoms with E-state index in [1.54, 1.807) is 0 Å². The van der Waals surface area contributed by atoms with E-state index in [2.05, 4.69) is 44.3 Å². The van der Waals surface area contributed by atoms with Gasteiger partial charge in [0.25, 0.3) is 0 Å². The first-order valence-electron chi connectivity index (χ1n) is 7.56. The van der Waals surface area contributed by atoms with E-state index in [9.17, 15) is 0 Å². The van der Waals surface area contributed by atoms with Gasteiger partial charge in [-0.2, -0.15) is 0 Å². The molecule has 0 bridgehead atoms. The van der Waals surface area contributed by atoms with Crippen molar-refractivity contribution in [1.82, 2.24) is 5.32 Å². The van der Waals surface area contributed by atoms with Crippen LogP contribution in [0.4, 0.5) is 5.69 Å². The molecule has 1 aromatic carbocycles. The Balaban J connectivity index is 1.70. The average molecular weight is 339 g/mol. The van der Waals surface area contributed by atoms with Crippen LogP contribution in [0.1, 0.15) is 31.2 Å². The summed E-state index contributed by atoms with van der Waals surface area (Å²) in [6, 6.07) is 7.41. The number of benzene rings is 1. The zero-order valence-electron chi connectivity index (χ0n) is 12.1. The van der Waals surface area contributed by atoms with Gasteiger partial charge in [-0.25, -0.2) is 0 Å². The molecule has 0 unspecified atom stereocenters. The highest BCUT2D eigenvalue weighted by Gasteiger charge is 2.23. The zero-order valence-corrected chi connectivity index (χ0v) is 13.7. The number of nitrogens with one attached hydrogen (secondary N) is 1. The molecular weight excluding hydrogens is 316 g/mol. The standard InChI is InChI=1S/C16H23BrN2O/c1-20-15-6-8-19(9-7-15)16-5-2-13(17)10-12(16)11-18-14-3-4-14/h2,5,10,14-15,18H,3-4,6-9,11H2,1H3. The predicted molar refractivity (Wildman–Crippen MR) is 86.2 cm³/mol. The van der Waals surface area contributed by atoms with Crippen molar-refractivity contribution in [2.24, 2.45) is 0 Å². The van der Waals surface area contributed by atoms with E-state index >= 15 is 0 Å². The van der Waals surface area contributed by atoms with Gasteiger partial charge in [0.2, 0.25) is 0 Å². The van der Waals surface area contributed by atoms with Crippen molar-refractivity contribution in [3.8, 4) is 0 Å². The van der Waals surface area contributed by atoms with Gasteiger partial charge in [-0.3, -0.25) is 0 Å². The number of hydrogen-bond donors (Lipinski definition) is 1. The molecule has 3 nitrogen and oxygen atoms in total. The third-order valence-corrected chi connectivity index (χ3v) is 4.81. The fourth-order valence-corrected chi connectivity index (χ4v) is 3.29. The van der Waals surface area contributed by atoms with E-state index < -0.39 is 0 Å². The Kier molecular flexibility index (Phi) is 4.64. The third-order valence-electron chi connectivity index (χ3n) is 4.32. The molecule has 110 valence electrons. The lowest BCUT2D eigenvalue weighted by Gasteiger charge is -2.34. The maximum Gasteiger partial charge on any atom is 0.0605 e. The molecule has 20 heavy (non-hydrogen) atoms. The largest absolute Gasteiger partial charge is 0.381 e. The minimum absolute atomic E-state index is 0.440. The second-order valence-electron chi connectivity index (χ2n) is 5.85. The number of hydrogen-bond acceptors (Lipinski definition) is 3. The summed E-state index contributed by atoms with van der Waals surface area (Å²) in [5.41, 5.74) is 2.79. The Morgan fingerprint density at radius 3 is 2.65 bits per heavy atom. The van der Waals surface area contributed by atoms with E-state index in [0.29, 0.717) is 6.10 Å². The quantitative estimate of drug-likeness (QED) is 0.891. The van der Waals surface area contributed by atoms with Crippen LogP contribution < -0.4 is 10.2 Å². The van der Waals surface area contributed by atoms with E-state index in [0.717, 1.165) is 38.5 Å². The average Bonchev–Trinajstić information content (AvgIpc) is 3.30. The van der Waals surface area contributed by atoms with Crippen molar-refractivity contribution >= 4 is 21.6 Å². The molecule has 1 aliphatic carbocycles. The zero-order chi connectivity index (χ0) is 13.9. The van der Waals surface area contributed by atoms with Crippen LogP contribution in [0.25, 0.3) is 0 Å². The van der Waals surface area contributed by atoms with Crippen molar-refractivity contribution < 1.29 is 4.74 Å². The van der Waals surface area contributed by atoms with Gasteiger partial charge in [-0.05, 0) is 49.4 Å². The minimum Gasteiger partial charge on any atom is -0.381 e. The first-order chi connectivity index (χ1) is 9.76. The second-order valence-corrected chi connectivity index (χ2v) is 6.77. The molecular formula is C16H23BrN2O. The van der Waals surface area contributed by atoms with Crippen molar-refractivity contribution in [2.75, 3.05) is 25.1 Å². The van der Waals surface area contributed by atoms with Crippen molar-refractivity contribution in [2.45, 2.75) is 44.4 Å². The molecule has 1 N–H and O–H groups in total. The van der Waals surface area contributed by atoms with Crippen LogP contribution in [0, 0.1) is 0 Å². The molecule has 1 aliphatic heterocycles. The molecule has 0 aromatic heterocycles. The Morgan fingerprint density at radius 1 is 1.25 bits per heavy atom. The molecule has 1 saturated heterocycles. The van der Waals surface area contributed by atoms with Crippen LogP contribution in [-0.4, -0.2) is 32.3 Å². The van der Waals surface area contributed by atoms with Gasteiger partial charge < -0.3 is 15.0 Å². The van der Waals surface area contributed by atoms with Gasteiger partial charge >= 0.3 is 0 Å². The summed E-state index contributed by atoms with van der Waals surface area (Å²) in [6.45, 7) is 3.16. The van der Waals surface area contributed by atoms with Crippen LogP contribution in [0.5, 0.6) is 0 Å². The highest BCUT2D eigenvalue weighted by molar-refractivity contribution is 9.10. The van der Waals surface area contributed by atoms with Crippen LogP contribution >= 0.6 is 15.9 Å². The lowest BCUT2D eigenvalue weighted by Crippen LogP contribution is -2.37. The summed E-state index contributed by atoms with van der Waals surface area (Å²) in [5, 5.41) is 3.63. The molecule has 1 aromatic rings. The normalized spacial score (nSPS) is 20.4. The molecule has 0 radical (unpaired) electrons. The minimum atomic E-state index is 0.440. The number of ether oxygens (including phenoxy) is 1. The van der Waals surface area contributed by atoms with Crippen LogP contribution in [0.15, 0.2) is 22.7 Å². The van der Waals surface area contributed by atoms with E-state index in [-0.39, 0.29) is 0 Å². The number of piperidine rings is 1. The van der Waals surface area contributed by atoms with Gasteiger partial charge in [-0.15, -0.1) is 0 Å². The third kappa shape index (κ3) is 3.54. The number of methoxy groups -OCH3 is 1. The van der Waals surface area contributed by atoms with E-state index in [1.165, 1.54) is 28.6 Å². The summed E-state index contributed by atoms with van der Waals surface area (Å²) < 4.78 is 6.63. The molecule has 2 fully saturated rings. The topological polar surface area (TPSA) is 24.5 Å². The summed E-state index contributed by atoms with van der Waals surface area (Å²) in [4.78, 5) is 2.51. The molecule has 4 heteroatoms. The van der Waals surface area contributed by atoms with E-state index in [1.807, 2.05) is 7.11 Å². The van der Waals surface area contributed by atoms with Crippen LogP contribution in [0.3, 0.4) is 0 Å². The Morgan fingerprint density at radius 2 is 2.00 bits per heavy atom. The summed E-state index contributed by atoms with van der Waals surface area (Å²) in [7, 11) is 1.82. The lowest BCUT2D eigenvalue weighted by molar-refractivity contribution is 0.0819. The van der Waals surface area contributed by atoms with Crippen LogP contribution in [0.2, 0.25) is 0 Å². The summed E-state index contributed by atoms with van der Waals surface area (Å²) >= 11 is 3.60. The SMILES string of the molecule is COC1CCN(c2ccc(Br)cc2CNC2CC2)CC1. The smallest absolute Gasteiger partial charge is 0.0605 e. The molecule has 3 rings (SSSR count). The van der Waals surface area contributed by atoms with Gasteiger partial charge in [0.05, 0.1) is 6.10 Å². The monoisotopic (exact) mass is 338 g/mol. The summed E-state index contributed by atoms with van der Waals surface area (Å²) in [6.07, 6.45) is 5.37. The lowest BCUT2D eigenvalue weighted by atomic mass is 10.0. The predicted octanol–water partition coefficient (Wildman–Crippen LogP) is 3.32. The molecule has 1 saturated carbocycles. The highest BCUT2D eigenvalue weighted by Crippen LogP contribution is 2.29. The van der Waals surface area contributed by atoms with Gasteiger partial charge in [-0.1, -0.05) is 15.9 Å². The number of rotatable bonds is 5. The number of halogens is 1. The van der Waals surface area contributed by atoms with Crippen molar-refractivity contribution in [1.29, 1.82) is 0 Å². The Hall–Kier alpha value is -0.580. The second kappa shape index (κ2) is 6.46. The fourth-order valence-electron chi connectivity index (χ4n) is 2.88. The Bertz CT molecular complexity index is 454. The van der Waals surface area contributed by atoms with Crippen LogP contribution in [-0.2, 0) is 11.3 Å². The van der Waals surface area contributed by atoms with Crippen molar-refractivity contribution in [3.63, 3.8) is 0 Å². The maximum absolute atomic E-state index is 5.47. The molecule has 1 heterocycles. The highest BCUT2D eigenvalue weighted by atomic mass is 79.9. The maximum atomic E-state index is 5.47. The number of nitrogens with zero attached hydrogens (tertiary/aromatic N) is 1.